The van der Waals surface area contributed by atoms with Gasteiger partial charge < -0.3 is 5.11 Å². The van der Waals surface area contributed by atoms with E-state index in [4.69, 9.17) is 28.5 Å². The van der Waals surface area contributed by atoms with E-state index in [0.29, 0.717) is 10.7 Å². The lowest BCUT2D eigenvalue weighted by Gasteiger charge is -2.14. The maximum absolute atomic E-state index is 14.3. The molecule has 0 saturated heterocycles. The summed E-state index contributed by atoms with van der Waals surface area (Å²) in [6.07, 6.45) is -4.89. The van der Waals surface area contributed by atoms with Crippen molar-refractivity contribution in [2.75, 3.05) is 0 Å². The number of alkyl halides is 6. The molecule has 0 amide bonds. The average molecular weight is 436 g/mol. The SMILES string of the molecule is N#Cc1nn(-c2c(F)cc(C(F)(F)F)cc2Cl)c(C(O)Cl)c1SC(F)F. The van der Waals surface area contributed by atoms with E-state index in [1.54, 1.807) is 0 Å². The van der Waals surface area contributed by atoms with Crippen molar-refractivity contribution in [1.82, 2.24) is 9.78 Å². The zero-order valence-electron chi connectivity index (χ0n) is 12.0. The fraction of sp³-hybridized carbons (Fsp3) is 0.231. The molecule has 1 atom stereocenters. The highest BCUT2D eigenvalue weighted by atomic mass is 35.5. The summed E-state index contributed by atoms with van der Waals surface area (Å²) >= 11 is 11.0. The largest absolute Gasteiger partial charge is 0.416 e. The molecule has 26 heavy (non-hydrogen) atoms. The summed E-state index contributed by atoms with van der Waals surface area (Å²) in [5.41, 5.74) is -5.48. The van der Waals surface area contributed by atoms with E-state index in [9.17, 15) is 31.4 Å². The number of benzene rings is 1. The van der Waals surface area contributed by atoms with Crippen LogP contribution < -0.4 is 0 Å². The zero-order valence-corrected chi connectivity index (χ0v) is 14.4. The quantitative estimate of drug-likeness (QED) is 0.412. The van der Waals surface area contributed by atoms with Crippen LogP contribution in [0.5, 0.6) is 0 Å². The molecule has 1 aromatic heterocycles. The van der Waals surface area contributed by atoms with Crippen LogP contribution in [0.3, 0.4) is 0 Å². The van der Waals surface area contributed by atoms with Crippen LogP contribution in [0.25, 0.3) is 5.69 Å². The van der Waals surface area contributed by atoms with Crippen LogP contribution in [-0.4, -0.2) is 20.6 Å². The van der Waals surface area contributed by atoms with Gasteiger partial charge in [-0.3, -0.25) is 0 Å². The first-order valence-electron chi connectivity index (χ1n) is 6.34. The summed E-state index contributed by atoms with van der Waals surface area (Å²) in [4.78, 5) is -0.555. The number of nitrogens with zero attached hydrogens (tertiary/aromatic N) is 3. The Morgan fingerprint density at radius 3 is 2.35 bits per heavy atom. The molecule has 13 heteroatoms. The molecule has 140 valence electrons. The van der Waals surface area contributed by atoms with Crippen molar-refractivity contribution in [3.63, 3.8) is 0 Å². The van der Waals surface area contributed by atoms with Crippen molar-refractivity contribution in [2.24, 2.45) is 0 Å². The molecule has 1 aromatic carbocycles. The molecular formula is C13H5Cl2F6N3OS. The Labute approximate surface area is 155 Å². The fourth-order valence-electron chi connectivity index (χ4n) is 2.01. The molecule has 2 rings (SSSR count). The van der Waals surface area contributed by atoms with Crippen molar-refractivity contribution in [1.29, 1.82) is 5.26 Å². The van der Waals surface area contributed by atoms with E-state index in [1.807, 2.05) is 0 Å². The van der Waals surface area contributed by atoms with Crippen molar-refractivity contribution in [2.45, 2.75) is 22.4 Å². The second kappa shape index (κ2) is 7.56. The molecule has 0 aliphatic heterocycles. The molecule has 0 fully saturated rings. The molecule has 1 unspecified atom stereocenters. The number of thioether (sulfide) groups is 1. The molecule has 1 N–H and O–H groups in total. The van der Waals surface area contributed by atoms with Gasteiger partial charge in [-0.25, -0.2) is 9.07 Å². The normalized spacial score (nSPS) is 13.1. The first kappa shape index (κ1) is 20.7. The molecule has 0 aliphatic rings. The van der Waals surface area contributed by atoms with E-state index in [-0.39, 0.29) is 17.8 Å². The predicted octanol–water partition coefficient (Wildman–Crippen LogP) is 5.10. The van der Waals surface area contributed by atoms with Gasteiger partial charge in [0.2, 0.25) is 0 Å². The number of nitriles is 1. The maximum atomic E-state index is 14.3. The summed E-state index contributed by atoms with van der Waals surface area (Å²) in [6, 6.07) is 1.96. The Balaban J connectivity index is 2.77. The van der Waals surface area contributed by atoms with Crippen LogP contribution in [0.15, 0.2) is 17.0 Å². The minimum Gasteiger partial charge on any atom is -0.372 e. The molecule has 0 radical (unpaired) electrons. The van der Waals surface area contributed by atoms with E-state index in [1.165, 1.54) is 6.07 Å². The lowest BCUT2D eigenvalue weighted by atomic mass is 10.2. The highest BCUT2D eigenvalue weighted by molar-refractivity contribution is 7.99. The Bertz CT molecular complexity index is 855. The molecule has 0 aliphatic carbocycles. The highest BCUT2D eigenvalue weighted by Gasteiger charge is 2.34. The third-order valence-electron chi connectivity index (χ3n) is 2.97. The molecule has 4 nitrogen and oxygen atoms in total. The third-order valence-corrected chi connectivity index (χ3v) is 4.28. The fourth-order valence-corrected chi connectivity index (χ4v) is 3.26. The lowest BCUT2D eigenvalue weighted by molar-refractivity contribution is -0.137. The van der Waals surface area contributed by atoms with Crippen LogP contribution in [0.2, 0.25) is 5.02 Å². The number of aliphatic hydroxyl groups is 1. The predicted molar refractivity (Wildman–Crippen MR) is 80.9 cm³/mol. The molecule has 2 aromatic rings. The van der Waals surface area contributed by atoms with Gasteiger partial charge in [0.25, 0.3) is 5.76 Å². The maximum Gasteiger partial charge on any atom is 0.416 e. The van der Waals surface area contributed by atoms with Gasteiger partial charge in [0.1, 0.15) is 17.5 Å². The van der Waals surface area contributed by atoms with Gasteiger partial charge in [0, 0.05) is 0 Å². The van der Waals surface area contributed by atoms with Gasteiger partial charge in [-0.05, 0) is 12.1 Å². The Kier molecular flexibility index (Phi) is 6.02. The number of hydrogen-bond donors (Lipinski definition) is 1. The minimum absolute atomic E-state index is 0.110. The summed E-state index contributed by atoms with van der Waals surface area (Å²) in [5, 5.41) is 21.4. The van der Waals surface area contributed by atoms with Gasteiger partial charge in [-0.2, -0.15) is 32.3 Å². The van der Waals surface area contributed by atoms with Crippen LogP contribution >= 0.6 is 35.0 Å². The topological polar surface area (TPSA) is 61.8 Å². The second-order valence-corrected chi connectivity index (χ2v) is 6.41. The lowest BCUT2D eigenvalue weighted by Crippen LogP contribution is -2.11. The number of halogens is 8. The standard InChI is InChI=1S/C13H5Cl2F6N3OS/c14-5-1-4(13(19,20)21)2-6(16)8(5)24-9(11(15)25)10(26-12(17)18)7(3-22)23-24/h1-2,11-12,25H. The van der Waals surface area contributed by atoms with Gasteiger partial charge in [0.15, 0.2) is 17.1 Å². The van der Waals surface area contributed by atoms with Gasteiger partial charge in [-0.1, -0.05) is 35.0 Å². The van der Waals surface area contributed by atoms with Crippen LogP contribution in [0, 0.1) is 17.1 Å². The van der Waals surface area contributed by atoms with E-state index in [0.717, 1.165) is 0 Å². The van der Waals surface area contributed by atoms with Crippen LogP contribution in [0.4, 0.5) is 26.3 Å². The molecule has 0 spiro atoms. The number of aromatic nitrogens is 2. The Hall–Kier alpha value is -1.61. The summed E-state index contributed by atoms with van der Waals surface area (Å²) < 4.78 is 78.3. The van der Waals surface area contributed by atoms with E-state index in [2.05, 4.69) is 5.10 Å². The van der Waals surface area contributed by atoms with Crippen LogP contribution in [-0.2, 0) is 6.18 Å². The van der Waals surface area contributed by atoms with Crippen LogP contribution in [0.1, 0.15) is 22.5 Å². The summed E-state index contributed by atoms with van der Waals surface area (Å²) in [5.74, 6) is -4.55. The first-order chi connectivity index (χ1) is 12.0. The van der Waals surface area contributed by atoms with E-state index < -0.39 is 55.9 Å². The number of rotatable bonds is 4. The van der Waals surface area contributed by atoms with E-state index >= 15 is 0 Å². The smallest absolute Gasteiger partial charge is 0.372 e. The Morgan fingerprint density at radius 2 is 1.92 bits per heavy atom. The minimum atomic E-state index is -4.89. The van der Waals surface area contributed by atoms with Crippen molar-refractivity contribution < 1.29 is 31.4 Å². The van der Waals surface area contributed by atoms with Crippen molar-refractivity contribution >= 4 is 35.0 Å². The van der Waals surface area contributed by atoms with Gasteiger partial charge in [0.05, 0.1) is 15.5 Å². The van der Waals surface area contributed by atoms with Crippen molar-refractivity contribution in [3.8, 4) is 11.8 Å². The first-order valence-corrected chi connectivity index (χ1v) is 8.03. The highest BCUT2D eigenvalue weighted by Crippen LogP contribution is 2.40. The number of hydrogen-bond acceptors (Lipinski definition) is 4. The molecule has 1 heterocycles. The van der Waals surface area contributed by atoms with Crippen molar-refractivity contribution in [3.05, 3.63) is 39.9 Å². The van der Waals surface area contributed by atoms with Gasteiger partial charge in [-0.15, -0.1) is 0 Å². The summed E-state index contributed by atoms with van der Waals surface area (Å²) in [7, 11) is 0. The number of aliphatic hydroxyl groups excluding tert-OH is 1. The molecular weight excluding hydrogens is 431 g/mol. The molecule has 0 saturated carbocycles. The van der Waals surface area contributed by atoms with Gasteiger partial charge >= 0.3 is 6.18 Å². The monoisotopic (exact) mass is 435 g/mol. The Morgan fingerprint density at radius 1 is 1.31 bits per heavy atom. The zero-order chi connectivity index (χ0) is 19.8. The average Bonchev–Trinajstić information content (AvgIpc) is 2.83. The second-order valence-electron chi connectivity index (χ2n) is 4.59. The summed E-state index contributed by atoms with van der Waals surface area (Å²) in [6.45, 7) is 0. The molecule has 0 bridgehead atoms. The third kappa shape index (κ3) is 4.03.